The molecule has 0 aliphatic heterocycles. The van der Waals surface area contributed by atoms with Gasteiger partial charge >= 0.3 is 19.9 Å². The summed E-state index contributed by atoms with van der Waals surface area (Å²) in [5.74, 6) is 0. The van der Waals surface area contributed by atoms with Crippen LogP contribution in [0.25, 0.3) is 0 Å². The highest BCUT2D eigenvalue weighted by Crippen LogP contribution is 2.26. The molecule has 82 valence electrons. The van der Waals surface area contributed by atoms with E-state index in [0.29, 0.717) is 0 Å². The van der Waals surface area contributed by atoms with Gasteiger partial charge in [-0.3, -0.25) is 0 Å². The molecule has 0 rings (SSSR count). The second kappa shape index (κ2) is 5.93. The lowest BCUT2D eigenvalue weighted by atomic mass is 10.4. The Bertz CT molecular complexity index is 216. The van der Waals surface area contributed by atoms with Crippen LogP contribution < -0.4 is 0 Å². The second-order valence-electron chi connectivity index (χ2n) is 2.15. The van der Waals surface area contributed by atoms with E-state index in [4.69, 9.17) is 0 Å². The van der Waals surface area contributed by atoms with Crippen molar-refractivity contribution in [2.24, 2.45) is 0 Å². The zero-order valence-corrected chi connectivity index (χ0v) is 8.23. The van der Waals surface area contributed by atoms with Gasteiger partial charge in [0.1, 0.15) is 13.2 Å². The number of ether oxygens (including phenoxy) is 1. The third-order valence-electron chi connectivity index (χ3n) is 1.01. The van der Waals surface area contributed by atoms with Gasteiger partial charge in [0.15, 0.2) is 0 Å². The molecule has 1 unspecified atom stereocenters. The van der Waals surface area contributed by atoms with Crippen molar-refractivity contribution in [2.45, 2.75) is 19.5 Å². The first-order chi connectivity index (χ1) is 6.37. The van der Waals surface area contributed by atoms with Gasteiger partial charge in [0.25, 0.3) is 0 Å². The summed E-state index contributed by atoms with van der Waals surface area (Å²) in [7, 11) is -2.67. The third kappa shape index (κ3) is 6.80. The summed E-state index contributed by atoms with van der Waals surface area (Å²) in [6.45, 7) is 0.691. The molecule has 1 atom stereocenters. The summed E-state index contributed by atoms with van der Waals surface area (Å²) in [5.41, 5.74) is -1.26. The fraction of sp³-hybridized carbons (Fsp3) is 0.833. The lowest BCUT2D eigenvalue weighted by molar-refractivity contribution is -0.140. The molecule has 14 heavy (non-hydrogen) atoms. The molecule has 0 N–H and O–H groups in total. The quantitative estimate of drug-likeness (QED) is 0.685. The number of carbonyl (C=O) groups excluding carboxylic acids is 1. The Morgan fingerprint density at radius 3 is 2.43 bits per heavy atom. The molecule has 0 fully saturated rings. The van der Waals surface area contributed by atoms with E-state index in [1.807, 2.05) is 0 Å². The van der Waals surface area contributed by atoms with Gasteiger partial charge in [-0.15, -0.1) is 4.52 Å². The first-order valence-corrected chi connectivity index (χ1v) is 4.88. The average molecular weight is 233 g/mol. The van der Waals surface area contributed by atoms with Crippen LogP contribution in [0.3, 0.4) is 0 Å². The minimum Gasteiger partial charge on any atom is -0.425 e. The standard InChI is InChI=1S/C6H9F3O4P/c1-2-13-14(11)5(10)12-4-3-6(7,8)9/h2-4H2,1H3/q+1. The van der Waals surface area contributed by atoms with E-state index in [9.17, 15) is 22.5 Å². The maximum absolute atomic E-state index is 11.6. The van der Waals surface area contributed by atoms with Gasteiger partial charge in [-0.1, -0.05) is 0 Å². The number of halogens is 3. The minimum atomic E-state index is -4.39. The van der Waals surface area contributed by atoms with Crippen molar-refractivity contribution in [1.82, 2.24) is 0 Å². The van der Waals surface area contributed by atoms with E-state index in [2.05, 4.69) is 9.26 Å². The molecule has 0 spiro atoms. The molecule has 0 radical (unpaired) electrons. The molecule has 8 heteroatoms. The molecule has 0 aliphatic rings. The fourth-order valence-electron chi connectivity index (χ4n) is 0.477. The summed E-state index contributed by atoms with van der Waals surface area (Å²) in [5, 5.41) is 0. The van der Waals surface area contributed by atoms with Crippen LogP contribution in [0.15, 0.2) is 0 Å². The van der Waals surface area contributed by atoms with Gasteiger partial charge in [-0.25, -0.2) is 0 Å². The van der Waals surface area contributed by atoms with Crippen molar-refractivity contribution in [3.8, 4) is 0 Å². The summed E-state index contributed by atoms with van der Waals surface area (Å²) in [6.07, 6.45) is -5.65. The van der Waals surface area contributed by atoms with Crippen molar-refractivity contribution in [3.63, 3.8) is 0 Å². The zero-order valence-electron chi connectivity index (χ0n) is 7.34. The summed E-state index contributed by atoms with van der Waals surface area (Å²) in [6, 6.07) is 0. The van der Waals surface area contributed by atoms with Crippen molar-refractivity contribution in [1.29, 1.82) is 0 Å². The Balaban J connectivity index is 3.70. The first-order valence-electron chi connectivity index (χ1n) is 3.70. The van der Waals surface area contributed by atoms with Crippen molar-refractivity contribution < 1.29 is 31.8 Å². The largest absolute Gasteiger partial charge is 0.636 e. The predicted molar refractivity (Wildman–Crippen MR) is 41.3 cm³/mol. The van der Waals surface area contributed by atoms with E-state index in [0.717, 1.165) is 0 Å². The Kier molecular flexibility index (Phi) is 5.64. The third-order valence-corrected chi connectivity index (χ3v) is 1.93. The normalized spacial score (nSPS) is 12.4. The van der Waals surface area contributed by atoms with Gasteiger partial charge in [-0.05, 0) is 11.5 Å². The maximum Gasteiger partial charge on any atom is 0.636 e. The molecule has 0 heterocycles. The number of hydrogen-bond donors (Lipinski definition) is 0. The van der Waals surface area contributed by atoms with Crippen LogP contribution in [0.2, 0.25) is 0 Å². The van der Waals surface area contributed by atoms with Crippen LogP contribution in [0.4, 0.5) is 18.0 Å². The SMILES string of the molecule is CCO[P+](=O)C(=O)OCCC(F)(F)F. The van der Waals surface area contributed by atoms with Crippen LogP contribution in [-0.4, -0.2) is 25.1 Å². The number of alkyl halides is 3. The lowest BCUT2D eigenvalue weighted by Gasteiger charge is -2.03. The Labute approximate surface area is 79.2 Å². The highest BCUT2D eigenvalue weighted by molar-refractivity contribution is 7.58. The molecule has 0 amide bonds. The molecule has 0 aromatic carbocycles. The van der Waals surface area contributed by atoms with Crippen molar-refractivity contribution in [2.75, 3.05) is 13.2 Å². The highest BCUT2D eigenvalue weighted by atomic mass is 31.1. The van der Waals surface area contributed by atoms with Crippen LogP contribution >= 0.6 is 8.03 Å². The monoisotopic (exact) mass is 233 g/mol. The molecule has 0 aromatic heterocycles. The highest BCUT2D eigenvalue weighted by Gasteiger charge is 2.35. The van der Waals surface area contributed by atoms with Gasteiger partial charge < -0.3 is 4.74 Å². The van der Waals surface area contributed by atoms with E-state index in [-0.39, 0.29) is 6.61 Å². The lowest BCUT2D eigenvalue weighted by Crippen LogP contribution is -2.12. The molecular weight excluding hydrogens is 224 g/mol. The Morgan fingerprint density at radius 2 is 2.00 bits per heavy atom. The molecule has 0 bridgehead atoms. The van der Waals surface area contributed by atoms with E-state index < -0.39 is 32.9 Å². The molecule has 0 saturated heterocycles. The van der Waals surface area contributed by atoms with Crippen LogP contribution in [0, 0.1) is 0 Å². The first kappa shape index (κ1) is 13.3. The van der Waals surface area contributed by atoms with E-state index >= 15 is 0 Å². The smallest absolute Gasteiger partial charge is 0.425 e. The Hall–Kier alpha value is -0.680. The number of hydrogen-bond acceptors (Lipinski definition) is 4. The number of rotatable bonds is 5. The fourth-order valence-corrected chi connectivity index (χ4v) is 1.01. The van der Waals surface area contributed by atoms with Crippen LogP contribution in [0.5, 0.6) is 0 Å². The minimum absolute atomic E-state index is 0.0313. The molecular formula is C6H9F3O4P+. The van der Waals surface area contributed by atoms with Crippen LogP contribution in [-0.2, 0) is 13.8 Å². The Morgan fingerprint density at radius 1 is 1.43 bits per heavy atom. The topological polar surface area (TPSA) is 52.6 Å². The summed E-state index contributed by atoms with van der Waals surface area (Å²) < 4.78 is 53.8. The molecule has 0 aliphatic carbocycles. The van der Waals surface area contributed by atoms with Gasteiger partial charge in [-0.2, -0.15) is 18.0 Å². The molecule has 0 saturated carbocycles. The second-order valence-corrected chi connectivity index (χ2v) is 3.29. The predicted octanol–water partition coefficient (Wildman–Crippen LogP) is 2.85. The molecule has 0 aromatic rings. The van der Waals surface area contributed by atoms with Crippen molar-refractivity contribution in [3.05, 3.63) is 0 Å². The summed E-state index contributed by atoms with van der Waals surface area (Å²) >= 11 is 0. The van der Waals surface area contributed by atoms with E-state index in [1.165, 1.54) is 6.92 Å². The molecule has 4 nitrogen and oxygen atoms in total. The van der Waals surface area contributed by atoms with Gasteiger partial charge in [0.05, 0.1) is 6.42 Å². The van der Waals surface area contributed by atoms with Gasteiger partial charge in [0.2, 0.25) is 0 Å². The van der Waals surface area contributed by atoms with E-state index in [1.54, 1.807) is 0 Å². The maximum atomic E-state index is 11.6. The van der Waals surface area contributed by atoms with Crippen LogP contribution in [0.1, 0.15) is 13.3 Å². The average Bonchev–Trinajstić information content (AvgIpc) is 2.02. The zero-order chi connectivity index (χ0) is 11.2. The number of carbonyl (C=O) groups is 1. The van der Waals surface area contributed by atoms with Gasteiger partial charge in [0, 0.05) is 0 Å². The van der Waals surface area contributed by atoms with Crippen molar-refractivity contribution >= 4 is 13.7 Å². The summed E-state index contributed by atoms with van der Waals surface area (Å²) in [4.78, 5) is 10.6.